The summed E-state index contributed by atoms with van der Waals surface area (Å²) in [5.41, 5.74) is 1.43. The van der Waals surface area contributed by atoms with Crippen molar-refractivity contribution in [3.63, 3.8) is 0 Å². The number of hydrogen-bond acceptors (Lipinski definition) is 6. The summed E-state index contributed by atoms with van der Waals surface area (Å²) in [7, 11) is 0. The van der Waals surface area contributed by atoms with Gasteiger partial charge in [-0.15, -0.1) is 0 Å². The number of thioether (sulfide) groups is 1. The van der Waals surface area contributed by atoms with Crippen molar-refractivity contribution in [3.05, 3.63) is 67.6 Å². The van der Waals surface area contributed by atoms with Crippen LogP contribution in [0.2, 0.25) is 5.02 Å². The van der Waals surface area contributed by atoms with Crippen LogP contribution in [0.1, 0.15) is 18.1 Å². The third-order valence-corrected chi connectivity index (χ3v) is 4.92. The Kier molecular flexibility index (Phi) is 5.48. The summed E-state index contributed by atoms with van der Waals surface area (Å²) in [4.78, 5) is 27.0. The molecule has 1 heterocycles. The highest BCUT2D eigenvalue weighted by atomic mass is 35.5. The quantitative estimate of drug-likeness (QED) is 0.447. The number of nitro benzene ring substituents is 1. The van der Waals surface area contributed by atoms with Crippen molar-refractivity contribution in [2.75, 3.05) is 0 Å². The monoisotopic (exact) mass is 403 g/mol. The molecule has 1 amide bonds. The molecule has 9 heteroatoms. The molecule has 0 unspecified atom stereocenters. The number of phenols is 1. The highest BCUT2D eigenvalue weighted by molar-refractivity contribution is 8.18. The maximum absolute atomic E-state index is 12.2. The van der Waals surface area contributed by atoms with Gasteiger partial charge in [-0.25, -0.2) is 4.99 Å². The van der Waals surface area contributed by atoms with Crippen molar-refractivity contribution < 1.29 is 14.8 Å². The standard InChI is InChI=1S/C18H14ClN3O4S/c1-2-10-3-5-13(6-4-10)20-18-21-17(24)15(27-18)8-11-7-12(19)9-14(16(11)23)22(25)26/h3-9,23H,2H2,1H3,(H,20,21,24)/b15-8-. The predicted octanol–water partition coefficient (Wildman–Crippen LogP) is 4.41. The third-order valence-electron chi connectivity index (χ3n) is 3.79. The van der Waals surface area contributed by atoms with Gasteiger partial charge in [0.2, 0.25) is 5.75 Å². The van der Waals surface area contributed by atoms with Crippen LogP contribution < -0.4 is 5.32 Å². The summed E-state index contributed by atoms with van der Waals surface area (Å²) >= 11 is 6.95. The Morgan fingerprint density at radius 2 is 2.04 bits per heavy atom. The molecule has 1 aliphatic heterocycles. The minimum atomic E-state index is -0.738. The van der Waals surface area contributed by atoms with Gasteiger partial charge in [-0.3, -0.25) is 14.9 Å². The van der Waals surface area contributed by atoms with E-state index in [0.717, 1.165) is 24.2 Å². The number of halogens is 1. The van der Waals surface area contributed by atoms with Gasteiger partial charge in [0.05, 0.1) is 15.5 Å². The molecule has 1 fully saturated rings. The van der Waals surface area contributed by atoms with E-state index in [9.17, 15) is 20.0 Å². The number of nitrogens with one attached hydrogen (secondary N) is 1. The molecule has 0 saturated carbocycles. The molecule has 0 atom stereocenters. The number of benzene rings is 2. The molecule has 3 rings (SSSR count). The number of hydrogen-bond donors (Lipinski definition) is 2. The van der Waals surface area contributed by atoms with E-state index in [1.807, 2.05) is 24.3 Å². The Balaban J connectivity index is 1.89. The van der Waals surface area contributed by atoms with Gasteiger partial charge in [0.1, 0.15) is 0 Å². The van der Waals surface area contributed by atoms with Crippen molar-refractivity contribution in [1.29, 1.82) is 0 Å². The topological polar surface area (TPSA) is 105 Å². The lowest BCUT2D eigenvalue weighted by atomic mass is 10.1. The number of rotatable bonds is 4. The number of amidine groups is 1. The SMILES string of the molecule is CCc1ccc(N=C2NC(=O)/C(=C/c3cc(Cl)cc([N+](=O)[O-])c3O)S2)cc1. The molecule has 0 aliphatic carbocycles. The predicted molar refractivity (Wildman–Crippen MR) is 106 cm³/mol. The molecular weight excluding hydrogens is 390 g/mol. The van der Waals surface area contributed by atoms with Gasteiger partial charge in [0, 0.05) is 16.7 Å². The van der Waals surface area contributed by atoms with E-state index in [2.05, 4.69) is 17.2 Å². The number of carbonyl (C=O) groups is 1. The molecule has 1 saturated heterocycles. The van der Waals surface area contributed by atoms with Crippen LogP contribution in [0.15, 0.2) is 46.3 Å². The first-order chi connectivity index (χ1) is 12.9. The van der Waals surface area contributed by atoms with Crippen LogP contribution in [-0.4, -0.2) is 21.1 Å². The van der Waals surface area contributed by atoms with Crippen LogP contribution in [0.25, 0.3) is 6.08 Å². The molecule has 0 radical (unpaired) electrons. The number of nitro groups is 1. The highest BCUT2D eigenvalue weighted by Gasteiger charge is 2.25. The fourth-order valence-electron chi connectivity index (χ4n) is 2.40. The first-order valence-corrected chi connectivity index (χ1v) is 9.12. The summed E-state index contributed by atoms with van der Waals surface area (Å²) < 4.78 is 0. The summed E-state index contributed by atoms with van der Waals surface area (Å²) in [5, 5.41) is 24.1. The van der Waals surface area contributed by atoms with Crippen LogP contribution in [0, 0.1) is 10.1 Å². The van der Waals surface area contributed by atoms with Crippen LogP contribution in [0.3, 0.4) is 0 Å². The normalized spacial score (nSPS) is 16.7. The van der Waals surface area contributed by atoms with Crippen LogP contribution >= 0.6 is 23.4 Å². The smallest absolute Gasteiger partial charge is 0.312 e. The molecule has 2 aromatic rings. The number of amides is 1. The number of aromatic hydroxyl groups is 1. The molecule has 2 aromatic carbocycles. The second-order valence-electron chi connectivity index (χ2n) is 5.62. The lowest BCUT2D eigenvalue weighted by molar-refractivity contribution is -0.385. The first kappa shape index (κ1) is 18.9. The molecule has 27 heavy (non-hydrogen) atoms. The van der Waals surface area contributed by atoms with Crippen LogP contribution in [0.4, 0.5) is 11.4 Å². The molecule has 1 aliphatic rings. The molecule has 0 aromatic heterocycles. The fourth-order valence-corrected chi connectivity index (χ4v) is 3.45. The average molecular weight is 404 g/mol. The van der Waals surface area contributed by atoms with Gasteiger partial charge >= 0.3 is 5.69 Å². The van der Waals surface area contributed by atoms with Crippen LogP contribution in [-0.2, 0) is 11.2 Å². The second-order valence-corrected chi connectivity index (χ2v) is 7.09. The number of carbonyl (C=O) groups excluding carboxylic acids is 1. The zero-order chi connectivity index (χ0) is 19.6. The minimum Gasteiger partial charge on any atom is -0.502 e. The molecule has 138 valence electrons. The Bertz CT molecular complexity index is 987. The van der Waals surface area contributed by atoms with Gasteiger partial charge in [-0.05, 0) is 48.0 Å². The van der Waals surface area contributed by atoms with E-state index in [-0.39, 0.29) is 15.5 Å². The van der Waals surface area contributed by atoms with E-state index in [0.29, 0.717) is 10.9 Å². The molecular formula is C18H14ClN3O4S. The van der Waals surface area contributed by atoms with Gasteiger partial charge in [-0.1, -0.05) is 30.7 Å². The first-order valence-electron chi connectivity index (χ1n) is 7.93. The fraction of sp³-hybridized carbons (Fsp3) is 0.111. The summed E-state index contributed by atoms with van der Waals surface area (Å²) in [5.74, 6) is -0.961. The Labute approximate surface area is 163 Å². The lowest BCUT2D eigenvalue weighted by Crippen LogP contribution is -2.19. The van der Waals surface area contributed by atoms with E-state index in [1.165, 1.54) is 17.7 Å². The molecule has 7 nitrogen and oxygen atoms in total. The van der Waals surface area contributed by atoms with Crippen molar-refractivity contribution in [1.82, 2.24) is 5.32 Å². The zero-order valence-electron chi connectivity index (χ0n) is 14.1. The second kappa shape index (κ2) is 7.81. The zero-order valence-corrected chi connectivity index (χ0v) is 15.7. The van der Waals surface area contributed by atoms with E-state index in [4.69, 9.17) is 11.6 Å². The van der Waals surface area contributed by atoms with E-state index in [1.54, 1.807) is 0 Å². The van der Waals surface area contributed by atoms with Crippen molar-refractivity contribution >= 4 is 51.9 Å². The largest absolute Gasteiger partial charge is 0.502 e. The van der Waals surface area contributed by atoms with Crippen LogP contribution in [0.5, 0.6) is 5.75 Å². The Morgan fingerprint density at radius 1 is 1.33 bits per heavy atom. The van der Waals surface area contributed by atoms with Crippen molar-refractivity contribution in [3.8, 4) is 5.75 Å². The maximum Gasteiger partial charge on any atom is 0.312 e. The summed E-state index contributed by atoms with van der Waals surface area (Å²) in [6, 6.07) is 10.0. The summed E-state index contributed by atoms with van der Waals surface area (Å²) in [6.45, 7) is 2.06. The van der Waals surface area contributed by atoms with E-state index >= 15 is 0 Å². The third kappa shape index (κ3) is 4.29. The number of aliphatic imine (C=N–C) groups is 1. The van der Waals surface area contributed by atoms with Gasteiger partial charge in [0.15, 0.2) is 5.17 Å². The van der Waals surface area contributed by atoms with Gasteiger partial charge < -0.3 is 10.4 Å². The van der Waals surface area contributed by atoms with Crippen molar-refractivity contribution in [2.24, 2.45) is 4.99 Å². The van der Waals surface area contributed by atoms with E-state index < -0.39 is 22.3 Å². The minimum absolute atomic E-state index is 0.0830. The number of aryl methyl sites for hydroxylation is 1. The summed E-state index contributed by atoms with van der Waals surface area (Å²) in [6.07, 6.45) is 2.27. The number of nitrogens with zero attached hydrogens (tertiary/aromatic N) is 2. The van der Waals surface area contributed by atoms with Gasteiger partial charge in [-0.2, -0.15) is 0 Å². The number of phenolic OH excluding ortho intramolecular Hbond substituents is 1. The lowest BCUT2D eigenvalue weighted by Gasteiger charge is -2.02. The maximum atomic E-state index is 12.2. The molecule has 0 spiro atoms. The Hall–Kier alpha value is -2.84. The Morgan fingerprint density at radius 3 is 2.67 bits per heavy atom. The van der Waals surface area contributed by atoms with Gasteiger partial charge in [0.25, 0.3) is 5.91 Å². The molecule has 0 bridgehead atoms. The molecule has 2 N–H and O–H groups in total. The highest BCUT2D eigenvalue weighted by Crippen LogP contribution is 2.37. The van der Waals surface area contributed by atoms with Crippen molar-refractivity contribution in [2.45, 2.75) is 13.3 Å². The average Bonchev–Trinajstić information content (AvgIpc) is 2.97.